The molecule has 68 valence electrons. The lowest BCUT2D eigenvalue weighted by atomic mass is 10.2. The van der Waals surface area contributed by atoms with E-state index in [0.29, 0.717) is 12.1 Å². The summed E-state index contributed by atoms with van der Waals surface area (Å²) < 4.78 is 0. The smallest absolute Gasteiger partial charge is 0.322 e. The molecule has 2 aliphatic heterocycles. The van der Waals surface area contributed by atoms with Gasteiger partial charge in [0.2, 0.25) is 0 Å². The number of nitrogens with zero attached hydrogens (tertiary/aromatic N) is 1. The second kappa shape index (κ2) is 3.03. The Kier molecular flexibility index (Phi) is 2.02. The van der Waals surface area contributed by atoms with Crippen molar-refractivity contribution in [2.24, 2.45) is 0 Å². The molecule has 2 atom stereocenters. The Balaban J connectivity index is 1.89. The Bertz CT molecular complexity index is 183. The predicted octanol–water partition coefficient (Wildman–Crippen LogP) is -0.0993. The summed E-state index contributed by atoms with van der Waals surface area (Å²) in [6.45, 7) is 3.14. The molecule has 4 nitrogen and oxygen atoms in total. The number of carbonyl (C=O) groups is 1. The van der Waals surface area contributed by atoms with Gasteiger partial charge in [-0.25, -0.2) is 0 Å². The van der Waals surface area contributed by atoms with E-state index in [1.807, 2.05) is 0 Å². The Morgan fingerprint density at radius 3 is 2.50 bits per heavy atom. The molecular formula is C8H14N2O2. The molecule has 1 N–H and O–H groups in total. The zero-order chi connectivity index (χ0) is 8.55. The predicted molar refractivity (Wildman–Crippen MR) is 43.3 cm³/mol. The fraction of sp³-hybridized carbons (Fsp3) is 0.875. The molecule has 2 unspecified atom stereocenters. The fourth-order valence-corrected chi connectivity index (χ4v) is 2.01. The van der Waals surface area contributed by atoms with Crippen LogP contribution in [0, 0.1) is 0 Å². The first-order valence-electron chi connectivity index (χ1n) is 4.43. The molecule has 12 heavy (non-hydrogen) atoms. The van der Waals surface area contributed by atoms with Gasteiger partial charge in [-0.15, -0.1) is 5.06 Å². The van der Waals surface area contributed by atoms with Crippen LogP contribution in [0.1, 0.15) is 19.8 Å². The van der Waals surface area contributed by atoms with Crippen LogP contribution in [0.3, 0.4) is 0 Å². The van der Waals surface area contributed by atoms with Gasteiger partial charge in [0.05, 0.1) is 13.1 Å². The average molecular weight is 170 g/mol. The summed E-state index contributed by atoms with van der Waals surface area (Å²) in [5, 5.41) is 5.24. The van der Waals surface area contributed by atoms with Gasteiger partial charge in [-0.2, -0.15) is 0 Å². The van der Waals surface area contributed by atoms with E-state index in [2.05, 4.69) is 5.32 Å². The summed E-state index contributed by atoms with van der Waals surface area (Å²) in [6, 6.07) is 1.06. The number of fused-ring (bicyclic) bond motifs is 2. The summed E-state index contributed by atoms with van der Waals surface area (Å²) >= 11 is 0. The second-order valence-electron chi connectivity index (χ2n) is 3.57. The highest BCUT2D eigenvalue weighted by Gasteiger charge is 2.33. The van der Waals surface area contributed by atoms with E-state index in [4.69, 9.17) is 4.84 Å². The third-order valence-electron chi connectivity index (χ3n) is 2.44. The van der Waals surface area contributed by atoms with E-state index in [-0.39, 0.29) is 5.97 Å². The van der Waals surface area contributed by atoms with Gasteiger partial charge < -0.3 is 10.2 Å². The van der Waals surface area contributed by atoms with Crippen molar-refractivity contribution in [2.45, 2.75) is 31.8 Å². The number of hydrogen-bond donors (Lipinski definition) is 1. The highest BCUT2D eigenvalue weighted by Crippen LogP contribution is 2.19. The average Bonchev–Trinajstić information content (AvgIpc) is 2.29. The first-order valence-corrected chi connectivity index (χ1v) is 4.43. The first-order chi connectivity index (χ1) is 5.74. The van der Waals surface area contributed by atoms with Crippen molar-refractivity contribution in [3.63, 3.8) is 0 Å². The lowest BCUT2D eigenvalue weighted by Gasteiger charge is -2.30. The van der Waals surface area contributed by atoms with E-state index in [1.165, 1.54) is 19.8 Å². The van der Waals surface area contributed by atoms with Crippen LogP contribution in [0.2, 0.25) is 0 Å². The van der Waals surface area contributed by atoms with E-state index in [9.17, 15) is 4.79 Å². The summed E-state index contributed by atoms with van der Waals surface area (Å²) in [5.74, 6) is -0.212. The molecule has 0 aromatic heterocycles. The minimum Gasteiger partial charge on any atom is -0.368 e. The number of piperazine rings is 1. The summed E-state index contributed by atoms with van der Waals surface area (Å²) in [4.78, 5) is 15.7. The topological polar surface area (TPSA) is 41.6 Å². The van der Waals surface area contributed by atoms with Crippen LogP contribution in [-0.4, -0.2) is 36.2 Å². The van der Waals surface area contributed by atoms with E-state index in [1.54, 1.807) is 5.06 Å². The van der Waals surface area contributed by atoms with Gasteiger partial charge in [0.25, 0.3) is 0 Å². The third-order valence-corrected chi connectivity index (χ3v) is 2.44. The van der Waals surface area contributed by atoms with Gasteiger partial charge in [0.1, 0.15) is 0 Å². The molecule has 0 radical (unpaired) electrons. The molecule has 2 rings (SSSR count). The van der Waals surface area contributed by atoms with Crippen molar-refractivity contribution in [2.75, 3.05) is 13.1 Å². The van der Waals surface area contributed by atoms with Gasteiger partial charge in [-0.3, -0.25) is 4.79 Å². The Hall–Kier alpha value is -0.610. The van der Waals surface area contributed by atoms with Crippen LogP contribution in [0.25, 0.3) is 0 Å². The molecule has 0 spiro atoms. The van der Waals surface area contributed by atoms with Gasteiger partial charge >= 0.3 is 5.97 Å². The van der Waals surface area contributed by atoms with Crippen molar-refractivity contribution in [1.29, 1.82) is 0 Å². The quantitative estimate of drug-likeness (QED) is 0.596. The molecule has 0 amide bonds. The molecule has 0 aromatic carbocycles. The third kappa shape index (κ3) is 1.59. The molecule has 0 aliphatic carbocycles. The number of rotatable bonds is 1. The van der Waals surface area contributed by atoms with Crippen molar-refractivity contribution < 1.29 is 9.63 Å². The second-order valence-corrected chi connectivity index (χ2v) is 3.57. The van der Waals surface area contributed by atoms with Gasteiger partial charge in [0.15, 0.2) is 0 Å². The summed E-state index contributed by atoms with van der Waals surface area (Å²) in [6.07, 6.45) is 2.42. The minimum atomic E-state index is -0.212. The Morgan fingerprint density at radius 1 is 1.42 bits per heavy atom. The molecule has 2 heterocycles. The summed E-state index contributed by atoms with van der Waals surface area (Å²) in [7, 11) is 0. The Morgan fingerprint density at radius 2 is 2.00 bits per heavy atom. The fourth-order valence-electron chi connectivity index (χ4n) is 2.01. The van der Waals surface area contributed by atoms with Crippen LogP contribution >= 0.6 is 0 Å². The maximum Gasteiger partial charge on any atom is 0.322 e. The van der Waals surface area contributed by atoms with Crippen LogP contribution in [0.5, 0.6) is 0 Å². The zero-order valence-corrected chi connectivity index (χ0v) is 7.25. The van der Waals surface area contributed by atoms with Crippen molar-refractivity contribution in [3.8, 4) is 0 Å². The number of nitrogens with one attached hydrogen (secondary N) is 1. The van der Waals surface area contributed by atoms with E-state index >= 15 is 0 Å². The SMILES string of the molecule is CC(=O)ON1CC2CCC(C1)N2. The zero-order valence-electron chi connectivity index (χ0n) is 7.25. The lowest BCUT2D eigenvalue weighted by molar-refractivity contribution is -0.193. The molecule has 2 saturated heterocycles. The van der Waals surface area contributed by atoms with E-state index in [0.717, 1.165) is 13.1 Å². The molecule has 4 heteroatoms. The van der Waals surface area contributed by atoms with Crippen molar-refractivity contribution >= 4 is 5.97 Å². The maximum atomic E-state index is 10.7. The Labute approximate surface area is 71.8 Å². The van der Waals surface area contributed by atoms with Crippen molar-refractivity contribution in [3.05, 3.63) is 0 Å². The first kappa shape index (κ1) is 8.01. The van der Waals surface area contributed by atoms with Gasteiger partial charge in [0, 0.05) is 19.0 Å². The highest BCUT2D eigenvalue weighted by atomic mass is 16.7. The molecule has 0 saturated carbocycles. The normalized spacial score (nSPS) is 35.1. The van der Waals surface area contributed by atoms with E-state index < -0.39 is 0 Å². The summed E-state index contributed by atoms with van der Waals surface area (Å²) in [5.41, 5.74) is 0. The monoisotopic (exact) mass is 170 g/mol. The number of hydroxylamine groups is 2. The van der Waals surface area contributed by atoms with Crippen LogP contribution < -0.4 is 5.32 Å². The van der Waals surface area contributed by atoms with Crippen LogP contribution in [-0.2, 0) is 9.63 Å². The molecular weight excluding hydrogens is 156 g/mol. The van der Waals surface area contributed by atoms with Gasteiger partial charge in [-0.1, -0.05) is 0 Å². The number of hydrogen-bond acceptors (Lipinski definition) is 4. The molecule has 2 fully saturated rings. The van der Waals surface area contributed by atoms with Gasteiger partial charge in [-0.05, 0) is 12.8 Å². The van der Waals surface area contributed by atoms with Crippen molar-refractivity contribution in [1.82, 2.24) is 10.4 Å². The molecule has 2 bridgehead atoms. The number of carbonyl (C=O) groups excluding carboxylic acids is 1. The lowest BCUT2D eigenvalue weighted by Crippen LogP contribution is -2.51. The van der Waals surface area contributed by atoms with Crippen LogP contribution in [0.4, 0.5) is 0 Å². The molecule has 0 aromatic rings. The maximum absolute atomic E-state index is 10.7. The highest BCUT2D eigenvalue weighted by molar-refractivity contribution is 5.65. The standard InChI is InChI=1S/C8H14N2O2/c1-6(11)12-10-4-7-2-3-8(5-10)9-7/h7-9H,2-5H2,1H3. The largest absolute Gasteiger partial charge is 0.368 e. The molecule has 2 aliphatic rings. The van der Waals surface area contributed by atoms with Crippen LogP contribution in [0.15, 0.2) is 0 Å². The minimum absolute atomic E-state index is 0.212.